The van der Waals surface area contributed by atoms with E-state index >= 15 is 0 Å². The molecule has 1 aliphatic rings. The van der Waals surface area contributed by atoms with Crippen LogP contribution >= 0.6 is 0 Å². The van der Waals surface area contributed by atoms with Crippen LogP contribution in [0.5, 0.6) is 0 Å². The molecule has 0 aromatic carbocycles. The standard InChI is InChI=1S/C8H12N4/c1-5(2)8-9-7-4-6(3)10-12(7)11-8/h5H,4H2,1-3H3. The van der Waals surface area contributed by atoms with Gasteiger partial charge in [0.25, 0.3) is 0 Å². The summed E-state index contributed by atoms with van der Waals surface area (Å²) in [4.78, 5) is 6.02. The summed E-state index contributed by atoms with van der Waals surface area (Å²) in [6.07, 6.45) is 0.847. The molecule has 1 aliphatic heterocycles. The van der Waals surface area contributed by atoms with Gasteiger partial charge in [0.15, 0.2) is 11.6 Å². The second-order valence-corrected chi connectivity index (χ2v) is 3.44. The molecule has 0 bridgehead atoms. The number of hydrogen-bond donors (Lipinski definition) is 0. The lowest BCUT2D eigenvalue weighted by molar-refractivity contribution is 0.694. The highest BCUT2D eigenvalue weighted by molar-refractivity contribution is 5.84. The van der Waals surface area contributed by atoms with Crippen molar-refractivity contribution in [3.63, 3.8) is 0 Å². The Morgan fingerprint density at radius 2 is 2.17 bits per heavy atom. The summed E-state index contributed by atoms with van der Waals surface area (Å²) in [6, 6.07) is 0. The van der Waals surface area contributed by atoms with E-state index in [2.05, 4.69) is 29.0 Å². The molecule has 0 radical (unpaired) electrons. The van der Waals surface area contributed by atoms with Gasteiger partial charge in [0.2, 0.25) is 0 Å². The zero-order valence-corrected chi connectivity index (χ0v) is 7.57. The van der Waals surface area contributed by atoms with Crippen LogP contribution in [0.15, 0.2) is 5.10 Å². The first-order chi connectivity index (χ1) is 5.66. The van der Waals surface area contributed by atoms with Gasteiger partial charge in [-0.25, -0.2) is 4.98 Å². The molecular formula is C8H12N4. The molecular weight excluding hydrogens is 152 g/mol. The molecule has 4 heteroatoms. The van der Waals surface area contributed by atoms with E-state index < -0.39 is 0 Å². The van der Waals surface area contributed by atoms with Crippen LogP contribution in [0, 0.1) is 0 Å². The molecule has 0 fully saturated rings. The fraction of sp³-hybridized carbons (Fsp3) is 0.625. The Bertz CT molecular complexity index is 335. The highest BCUT2D eigenvalue weighted by atomic mass is 15.6. The van der Waals surface area contributed by atoms with E-state index in [4.69, 9.17) is 0 Å². The highest BCUT2D eigenvalue weighted by Crippen LogP contribution is 2.13. The van der Waals surface area contributed by atoms with Gasteiger partial charge in [0.05, 0.1) is 0 Å². The lowest BCUT2D eigenvalue weighted by Crippen LogP contribution is -1.95. The lowest BCUT2D eigenvalue weighted by Gasteiger charge is -1.94. The molecule has 0 N–H and O–H groups in total. The Morgan fingerprint density at radius 3 is 2.75 bits per heavy atom. The maximum Gasteiger partial charge on any atom is 0.158 e. The second-order valence-electron chi connectivity index (χ2n) is 3.44. The zero-order chi connectivity index (χ0) is 8.72. The van der Waals surface area contributed by atoms with Gasteiger partial charge in [-0.1, -0.05) is 13.8 Å². The normalized spacial score (nSPS) is 15.2. The fourth-order valence-corrected chi connectivity index (χ4v) is 1.21. The third-order valence-electron chi connectivity index (χ3n) is 1.87. The number of nitrogens with zero attached hydrogens (tertiary/aromatic N) is 4. The lowest BCUT2D eigenvalue weighted by atomic mass is 10.2. The van der Waals surface area contributed by atoms with Crippen LogP contribution in [-0.2, 0) is 6.42 Å². The Morgan fingerprint density at radius 1 is 1.42 bits per heavy atom. The SMILES string of the molecule is CC1=Nn2nc(C(C)C)nc2C1. The summed E-state index contributed by atoms with van der Waals surface area (Å²) in [5, 5.41) is 8.47. The van der Waals surface area contributed by atoms with Crippen LogP contribution in [0.1, 0.15) is 38.3 Å². The van der Waals surface area contributed by atoms with Crippen molar-refractivity contribution in [3.05, 3.63) is 11.6 Å². The van der Waals surface area contributed by atoms with Gasteiger partial charge in [0, 0.05) is 18.1 Å². The average Bonchev–Trinajstić information content (AvgIpc) is 2.42. The summed E-state index contributed by atoms with van der Waals surface area (Å²) >= 11 is 0. The molecule has 64 valence electrons. The van der Waals surface area contributed by atoms with E-state index in [1.807, 2.05) is 6.92 Å². The summed E-state index contributed by atoms with van der Waals surface area (Å²) < 4.78 is 0. The Kier molecular flexibility index (Phi) is 1.49. The Hall–Kier alpha value is -1.19. The van der Waals surface area contributed by atoms with Crippen LogP contribution in [-0.4, -0.2) is 20.6 Å². The minimum Gasteiger partial charge on any atom is -0.214 e. The number of fused-ring (bicyclic) bond motifs is 1. The van der Waals surface area contributed by atoms with Crippen LogP contribution in [0.2, 0.25) is 0 Å². The summed E-state index contributed by atoms with van der Waals surface area (Å²) in [6.45, 7) is 6.16. The minimum atomic E-state index is 0.388. The maximum atomic E-state index is 4.38. The van der Waals surface area contributed by atoms with Crippen LogP contribution < -0.4 is 0 Å². The second kappa shape index (κ2) is 2.40. The third-order valence-corrected chi connectivity index (χ3v) is 1.87. The monoisotopic (exact) mass is 164 g/mol. The molecule has 0 saturated carbocycles. The van der Waals surface area contributed by atoms with Crippen molar-refractivity contribution in [1.29, 1.82) is 0 Å². The molecule has 0 aliphatic carbocycles. The maximum absolute atomic E-state index is 4.38. The first-order valence-electron chi connectivity index (χ1n) is 4.17. The molecule has 2 heterocycles. The van der Waals surface area contributed by atoms with Crippen molar-refractivity contribution in [3.8, 4) is 0 Å². The predicted octanol–water partition coefficient (Wildman–Crippen LogP) is 1.18. The van der Waals surface area contributed by atoms with Crippen LogP contribution in [0.3, 0.4) is 0 Å². The molecule has 12 heavy (non-hydrogen) atoms. The van der Waals surface area contributed by atoms with Crippen molar-refractivity contribution in [2.24, 2.45) is 5.10 Å². The van der Waals surface area contributed by atoms with Gasteiger partial charge in [-0.2, -0.15) is 5.10 Å². The first-order valence-corrected chi connectivity index (χ1v) is 4.17. The largest absolute Gasteiger partial charge is 0.214 e. The van der Waals surface area contributed by atoms with E-state index in [0.717, 1.165) is 23.8 Å². The van der Waals surface area contributed by atoms with Crippen molar-refractivity contribution < 1.29 is 0 Å². The molecule has 4 nitrogen and oxygen atoms in total. The Balaban J connectivity index is 2.38. The van der Waals surface area contributed by atoms with Crippen molar-refractivity contribution >= 4 is 5.71 Å². The van der Waals surface area contributed by atoms with Crippen molar-refractivity contribution in [2.75, 3.05) is 0 Å². The zero-order valence-electron chi connectivity index (χ0n) is 7.57. The van der Waals surface area contributed by atoms with E-state index in [-0.39, 0.29) is 0 Å². The first kappa shape index (κ1) is 7.46. The third kappa shape index (κ3) is 1.03. The van der Waals surface area contributed by atoms with Gasteiger partial charge >= 0.3 is 0 Å². The predicted molar refractivity (Wildman–Crippen MR) is 46.3 cm³/mol. The summed E-state index contributed by atoms with van der Waals surface area (Å²) in [7, 11) is 0. The molecule has 0 spiro atoms. The van der Waals surface area contributed by atoms with E-state index in [1.165, 1.54) is 0 Å². The summed E-state index contributed by atoms with van der Waals surface area (Å²) in [5.74, 6) is 2.25. The Labute approximate surface area is 71.3 Å². The highest BCUT2D eigenvalue weighted by Gasteiger charge is 2.17. The van der Waals surface area contributed by atoms with E-state index in [9.17, 15) is 0 Å². The average molecular weight is 164 g/mol. The van der Waals surface area contributed by atoms with Gasteiger partial charge in [-0.3, -0.25) is 0 Å². The molecule has 0 unspecified atom stereocenters. The quantitative estimate of drug-likeness (QED) is 0.625. The van der Waals surface area contributed by atoms with Gasteiger partial charge < -0.3 is 0 Å². The molecule has 1 aromatic heterocycles. The number of rotatable bonds is 1. The molecule has 2 rings (SSSR count). The molecule has 0 saturated heterocycles. The smallest absolute Gasteiger partial charge is 0.158 e. The van der Waals surface area contributed by atoms with Crippen LogP contribution in [0.4, 0.5) is 0 Å². The van der Waals surface area contributed by atoms with E-state index in [1.54, 1.807) is 4.79 Å². The summed E-state index contributed by atoms with van der Waals surface area (Å²) in [5.41, 5.74) is 1.08. The fourth-order valence-electron chi connectivity index (χ4n) is 1.21. The molecule has 0 atom stereocenters. The molecule has 0 amide bonds. The van der Waals surface area contributed by atoms with Crippen molar-refractivity contribution in [1.82, 2.24) is 14.9 Å². The van der Waals surface area contributed by atoms with E-state index in [0.29, 0.717) is 5.92 Å². The van der Waals surface area contributed by atoms with Crippen molar-refractivity contribution in [2.45, 2.75) is 33.1 Å². The van der Waals surface area contributed by atoms with Crippen LogP contribution in [0.25, 0.3) is 0 Å². The van der Waals surface area contributed by atoms with Gasteiger partial charge in [-0.15, -0.1) is 9.89 Å². The topological polar surface area (TPSA) is 43.1 Å². The minimum absolute atomic E-state index is 0.388. The van der Waals surface area contributed by atoms with Gasteiger partial charge in [0.1, 0.15) is 0 Å². The number of hydrogen-bond acceptors (Lipinski definition) is 3. The molecule has 1 aromatic rings. The number of aromatic nitrogens is 3. The van der Waals surface area contributed by atoms with Gasteiger partial charge in [-0.05, 0) is 6.92 Å².